The van der Waals surface area contributed by atoms with Gasteiger partial charge in [0.1, 0.15) is 12.4 Å². The zero-order valence-corrected chi connectivity index (χ0v) is 14.1. The molecule has 4 heteroatoms. The van der Waals surface area contributed by atoms with Crippen molar-refractivity contribution in [1.29, 1.82) is 0 Å². The summed E-state index contributed by atoms with van der Waals surface area (Å²) in [4.78, 5) is 11.6. The van der Waals surface area contributed by atoms with Crippen LogP contribution in [0, 0.1) is 0 Å². The van der Waals surface area contributed by atoms with Crippen LogP contribution in [0.1, 0.15) is 16.7 Å². The van der Waals surface area contributed by atoms with Crippen LogP contribution in [0.4, 0.5) is 5.69 Å². The highest BCUT2D eigenvalue weighted by Gasteiger charge is 2.10. The van der Waals surface area contributed by atoms with Gasteiger partial charge in [0.15, 0.2) is 0 Å². The lowest BCUT2D eigenvalue weighted by Gasteiger charge is -2.07. The van der Waals surface area contributed by atoms with E-state index in [4.69, 9.17) is 10.5 Å². The van der Waals surface area contributed by atoms with Crippen LogP contribution in [0.3, 0.4) is 0 Å². The van der Waals surface area contributed by atoms with Crippen LogP contribution in [0.2, 0.25) is 0 Å². The second-order valence-electron chi connectivity index (χ2n) is 5.83. The smallest absolute Gasteiger partial charge is 0.336 e. The van der Waals surface area contributed by atoms with Gasteiger partial charge in [-0.25, -0.2) is 4.79 Å². The fraction of sp³-hybridized carbons (Fsp3) is 0.0455. The summed E-state index contributed by atoms with van der Waals surface area (Å²) in [7, 11) is 0. The van der Waals surface area contributed by atoms with Crippen molar-refractivity contribution in [2.24, 2.45) is 0 Å². The van der Waals surface area contributed by atoms with Crippen LogP contribution < -0.4 is 10.5 Å². The summed E-state index contributed by atoms with van der Waals surface area (Å²) in [5.74, 6) is -0.255. The molecule has 0 saturated heterocycles. The van der Waals surface area contributed by atoms with Crippen LogP contribution >= 0.6 is 0 Å². The van der Waals surface area contributed by atoms with Crippen LogP contribution in [0.25, 0.3) is 11.6 Å². The standard InChI is InChI=1S/C22H19NO3/c23-19-10-8-18(9-11-19)21(22(24)25)14-16-6-12-20(13-7-16)26-15-17-4-2-1-3-5-17/h1-14H,15,23H2,(H,24,25)/b21-14-. The van der Waals surface area contributed by atoms with E-state index in [9.17, 15) is 9.90 Å². The van der Waals surface area contributed by atoms with Gasteiger partial charge in [-0.05, 0) is 47.0 Å². The molecule has 0 aromatic heterocycles. The van der Waals surface area contributed by atoms with Gasteiger partial charge in [-0.2, -0.15) is 0 Å². The highest BCUT2D eigenvalue weighted by atomic mass is 16.5. The van der Waals surface area contributed by atoms with Gasteiger partial charge < -0.3 is 15.6 Å². The van der Waals surface area contributed by atoms with Gasteiger partial charge in [0, 0.05) is 5.69 Å². The number of carboxylic acids is 1. The Morgan fingerprint density at radius 1 is 0.923 bits per heavy atom. The molecule has 0 aliphatic rings. The lowest BCUT2D eigenvalue weighted by atomic mass is 10.0. The Balaban J connectivity index is 1.74. The topological polar surface area (TPSA) is 72.5 Å². The van der Waals surface area contributed by atoms with Crippen LogP contribution in [0.15, 0.2) is 78.9 Å². The maximum absolute atomic E-state index is 11.6. The number of nitrogen functional groups attached to an aromatic ring is 1. The first-order valence-electron chi connectivity index (χ1n) is 8.19. The molecule has 0 fully saturated rings. The number of carbonyl (C=O) groups is 1. The van der Waals surface area contributed by atoms with Gasteiger partial charge in [0.2, 0.25) is 0 Å². The Bertz CT molecular complexity index is 898. The van der Waals surface area contributed by atoms with Gasteiger partial charge in [0.25, 0.3) is 0 Å². The Labute approximate surface area is 152 Å². The minimum atomic E-state index is -0.987. The van der Waals surface area contributed by atoms with Crippen molar-refractivity contribution in [3.05, 3.63) is 95.6 Å². The molecule has 3 aromatic rings. The second kappa shape index (κ2) is 8.03. The van der Waals surface area contributed by atoms with E-state index in [1.165, 1.54) is 0 Å². The predicted octanol–water partition coefficient (Wildman–Crippen LogP) is 4.47. The number of nitrogens with two attached hydrogens (primary N) is 1. The van der Waals surface area contributed by atoms with Crippen molar-refractivity contribution in [3.63, 3.8) is 0 Å². The molecular weight excluding hydrogens is 326 g/mol. The molecule has 4 nitrogen and oxygen atoms in total. The highest BCUT2D eigenvalue weighted by molar-refractivity contribution is 6.20. The molecule has 26 heavy (non-hydrogen) atoms. The number of anilines is 1. The quantitative estimate of drug-likeness (QED) is 0.393. The minimum Gasteiger partial charge on any atom is -0.489 e. The molecule has 0 saturated carbocycles. The zero-order valence-electron chi connectivity index (χ0n) is 14.1. The van der Waals surface area contributed by atoms with E-state index in [0.29, 0.717) is 17.9 Å². The van der Waals surface area contributed by atoms with E-state index in [0.717, 1.165) is 16.9 Å². The van der Waals surface area contributed by atoms with Crippen LogP contribution in [0.5, 0.6) is 5.75 Å². The number of hydrogen-bond acceptors (Lipinski definition) is 3. The van der Waals surface area contributed by atoms with Gasteiger partial charge in [-0.3, -0.25) is 0 Å². The average molecular weight is 345 g/mol. The summed E-state index contributed by atoms with van der Waals surface area (Å²) in [6, 6.07) is 24.0. The number of aliphatic carboxylic acids is 1. The third-order valence-corrected chi connectivity index (χ3v) is 3.89. The van der Waals surface area contributed by atoms with Crippen molar-refractivity contribution >= 4 is 23.3 Å². The molecule has 130 valence electrons. The van der Waals surface area contributed by atoms with Crippen molar-refractivity contribution in [2.45, 2.75) is 6.61 Å². The largest absolute Gasteiger partial charge is 0.489 e. The molecule has 0 atom stereocenters. The normalized spacial score (nSPS) is 11.2. The molecule has 3 aromatic carbocycles. The van der Waals surface area contributed by atoms with Gasteiger partial charge >= 0.3 is 5.97 Å². The van der Waals surface area contributed by atoms with Crippen molar-refractivity contribution in [2.75, 3.05) is 5.73 Å². The number of benzene rings is 3. The first-order chi connectivity index (χ1) is 12.6. The summed E-state index contributed by atoms with van der Waals surface area (Å²) in [5, 5.41) is 9.50. The number of ether oxygens (including phenoxy) is 1. The van der Waals surface area contributed by atoms with E-state index >= 15 is 0 Å². The summed E-state index contributed by atoms with van der Waals surface area (Å²) in [6.07, 6.45) is 1.63. The molecule has 3 N–H and O–H groups in total. The average Bonchev–Trinajstić information content (AvgIpc) is 2.67. The van der Waals surface area contributed by atoms with Gasteiger partial charge in [0.05, 0.1) is 5.57 Å². The molecule has 0 aliphatic carbocycles. The van der Waals surface area contributed by atoms with Crippen molar-refractivity contribution in [1.82, 2.24) is 0 Å². The van der Waals surface area contributed by atoms with E-state index in [-0.39, 0.29) is 5.57 Å². The SMILES string of the molecule is Nc1ccc(/C(=C/c2ccc(OCc3ccccc3)cc2)C(=O)O)cc1. The fourth-order valence-electron chi connectivity index (χ4n) is 2.50. The number of hydrogen-bond donors (Lipinski definition) is 2. The van der Waals surface area contributed by atoms with E-state index in [1.807, 2.05) is 54.6 Å². The third-order valence-electron chi connectivity index (χ3n) is 3.89. The van der Waals surface area contributed by atoms with E-state index in [2.05, 4.69) is 0 Å². The third kappa shape index (κ3) is 4.51. The molecule has 0 radical (unpaired) electrons. The first-order valence-corrected chi connectivity index (χ1v) is 8.19. The predicted molar refractivity (Wildman–Crippen MR) is 104 cm³/mol. The van der Waals surface area contributed by atoms with E-state index in [1.54, 1.807) is 30.3 Å². The lowest BCUT2D eigenvalue weighted by Crippen LogP contribution is -2.00. The van der Waals surface area contributed by atoms with Gasteiger partial charge in [-0.1, -0.05) is 54.6 Å². The Kier molecular flexibility index (Phi) is 5.34. The number of rotatable bonds is 6. The summed E-state index contributed by atoms with van der Waals surface area (Å²) in [6.45, 7) is 0.488. The Morgan fingerprint density at radius 3 is 2.19 bits per heavy atom. The molecule has 0 heterocycles. The Hall–Kier alpha value is -3.53. The minimum absolute atomic E-state index is 0.211. The second-order valence-corrected chi connectivity index (χ2v) is 5.83. The van der Waals surface area contributed by atoms with Crippen LogP contribution in [-0.2, 0) is 11.4 Å². The molecule has 0 bridgehead atoms. The molecular formula is C22H19NO3. The molecule has 0 aliphatic heterocycles. The number of carboxylic acid groups (broad SMARTS) is 1. The van der Waals surface area contributed by atoms with Gasteiger partial charge in [-0.15, -0.1) is 0 Å². The van der Waals surface area contributed by atoms with E-state index < -0.39 is 5.97 Å². The van der Waals surface area contributed by atoms with Crippen LogP contribution in [-0.4, -0.2) is 11.1 Å². The molecule has 0 unspecified atom stereocenters. The fourth-order valence-corrected chi connectivity index (χ4v) is 2.50. The molecule has 3 rings (SSSR count). The molecule has 0 amide bonds. The monoisotopic (exact) mass is 345 g/mol. The summed E-state index contributed by atoms with van der Waals surface area (Å²) < 4.78 is 5.75. The summed E-state index contributed by atoms with van der Waals surface area (Å²) in [5.41, 5.74) is 8.95. The summed E-state index contributed by atoms with van der Waals surface area (Å²) >= 11 is 0. The highest BCUT2D eigenvalue weighted by Crippen LogP contribution is 2.22. The maximum atomic E-state index is 11.6. The lowest BCUT2D eigenvalue weighted by molar-refractivity contribution is -0.130. The Morgan fingerprint density at radius 2 is 1.58 bits per heavy atom. The van der Waals surface area contributed by atoms with Crippen molar-refractivity contribution < 1.29 is 14.6 Å². The molecule has 0 spiro atoms. The maximum Gasteiger partial charge on any atom is 0.336 e. The van der Waals surface area contributed by atoms with Crippen molar-refractivity contribution in [3.8, 4) is 5.75 Å². The zero-order chi connectivity index (χ0) is 18.4. The first kappa shape index (κ1) is 17.3.